The number of carbonyl (C=O) groups excluding carboxylic acids is 1. The van der Waals surface area contributed by atoms with E-state index in [9.17, 15) is 4.79 Å². The van der Waals surface area contributed by atoms with Crippen LogP contribution in [0.5, 0.6) is 0 Å². The summed E-state index contributed by atoms with van der Waals surface area (Å²) in [5.41, 5.74) is 2.41. The van der Waals surface area contributed by atoms with E-state index in [-0.39, 0.29) is 11.4 Å². The zero-order valence-electron chi connectivity index (χ0n) is 13.8. The summed E-state index contributed by atoms with van der Waals surface area (Å²) >= 11 is 0. The second kappa shape index (κ2) is 7.15. The molecule has 3 nitrogen and oxygen atoms in total. The molecule has 0 aromatic carbocycles. The summed E-state index contributed by atoms with van der Waals surface area (Å²) in [5.74, 6) is 0.0469. The van der Waals surface area contributed by atoms with Gasteiger partial charge in [0.15, 0.2) is 0 Å². The third kappa shape index (κ3) is 3.69. The summed E-state index contributed by atoms with van der Waals surface area (Å²) in [5, 5.41) is 0. The summed E-state index contributed by atoms with van der Waals surface area (Å²) in [6, 6.07) is 4.33. The highest BCUT2D eigenvalue weighted by Crippen LogP contribution is 2.41. The van der Waals surface area contributed by atoms with Gasteiger partial charge in [-0.2, -0.15) is 0 Å². The average Bonchev–Trinajstić information content (AvgIpc) is 2.80. The standard InChI is InChI=1S/C18H29NO2/c1-4-21-17(20)18(11-6-5-7-12-18)13-8-14-19-15(2)9-10-16(19)3/h9-10H,4-8,11-14H2,1-3H3. The van der Waals surface area contributed by atoms with E-state index >= 15 is 0 Å². The maximum atomic E-state index is 12.4. The monoisotopic (exact) mass is 291 g/mol. The molecule has 0 spiro atoms. The van der Waals surface area contributed by atoms with Gasteiger partial charge in [-0.15, -0.1) is 0 Å². The van der Waals surface area contributed by atoms with E-state index in [0.717, 1.165) is 32.2 Å². The van der Waals surface area contributed by atoms with Crippen molar-refractivity contribution in [3.8, 4) is 0 Å². The first-order valence-corrected chi connectivity index (χ1v) is 8.39. The van der Waals surface area contributed by atoms with Crippen LogP contribution in [-0.4, -0.2) is 17.1 Å². The Bertz CT molecular complexity index is 450. The van der Waals surface area contributed by atoms with Crippen LogP contribution in [0.25, 0.3) is 0 Å². The molecule has 1 aromatic heterocycles. The third-order valence-corrected chi connectivity index (χ3v) is 4.97. The fraction of sp³-hybridized carbons (Fsp3) is 0.722. The number of aromatic nitrogens is 1. The Kier molecular flexibility index (Phi) is 5.49. The molecule has 3 heteroatoms. The van der Waals surface area contributed by atoms with E-state index in [0.29, 0.717) is 6.61 Å². The molecule has 0 radical (unpaired) electrons. The minimum Gasteiger partial charge on any atom is -0.466 e. The minimum atomic E-state index is -0.205. The van der Waals surface area contributed by atoms with Crippen molar-refractivity contribution in [2.75, 3.05) is 6.61 Å². The quantitative estimate of drug-likeness (QED) is 0.727. The highest BCUT2D eigenvalue weighted by atomic mass is 16.5. The highest BCUT2D eigenvalue weighted by molar-refractivity contribution is 5.76. The SMILES string of the molecule is CCOC(=O)C1(CCCn2c(C)ccc2C)CCCCC1. The van der Waals surface area contributed by atoms with Crippen LogP contribution < -0.4 is 0 Å². The summed E-state index contributed by atoms with van der Waals surface area (Å²) < 4.78 is 7.72. The van der Waals surface area contributed by atoms with Crippen LogP contribution in [0, 0.1) is 19.3 Å². The van der Waals surface area contributed by atoms with Crippen molar-refractivity contribution in [3.05, 3.63) is 23.5 Å². The summed E-state index contributed by atoms with van der Waals surface area (Å²) in [7, 11) is 0. The van der Waals surface area contributed by atoms with Gasteiger partial charge in [-0.25, -0.2) is 0 Å². The maximum Gasteiger partial charge on any atom is 0.312 e. The van der Waals surface area contributed by atoms with Crippen molar-refractivity contribution in [2.24, 2.45) is 5.41 Å². The first-order valence-electron chi connectivity index (χ1n) is 8.39. The number of hydrogen-bond acceptors (Lipinski definition) is 2. The average molecular weight is 291 g/mol. The van der Waals surface area contributed by atoms with Crippen molar-refractivity contribution in [1.29, 1.82) is 0 Å². The van der Waals surface area contributed by atoms with Crippen molar-refractivity contribution in [1.82, 2.24) is 4.57 Å². The lowest BCUT2D eigenvalue weighted by Crippen LogP contribution is -2.35. The van der Waals surface area contributed by atoms with Crippen LogP contribution in [0.3, 0.4) is 0 Å². The Balaban J connectivity index is 1.98. The summed E-state index contributed by atoms with van der Waals surface area (Å²) in [6.07, 6.45) is 7.63. The molecule has 1 aliphatic carbocycles. The van der Waals surface area contributed by atoms with E-state index in [2.05, 4.69) is 30.5 Å². The van der Waals surface area contributed by atoms with Gasteiger partial charge >= 0.3 is 5.97 Å². The first kappa shape index (κ1) is 16.1. The number of carbonyl (C=O) groups is 1. The van der Waals surface area contributed by atoms with Gasteiger partial charge in [0.05, 0.1) is 12.0 Å². The Hall–Kier alpha value is -1.25. The molecule has 0 amide bonds. The van der Waals surface area contributed by atoms with Gasteiger partial charge in [0.2, 0.25) is 0 Å². The van der Waals surface area contributed by atoms with Gasteiger partial charge in [0.1, 0.15) is 0 Å². The first-order chi connectivity index (χ1) is 10.1. The fourth-order valence-corrected chi connectivity index (χ4v) is 3.70. The molecule has 0 bridgehead atoms. The Morgan fingerprint density at radius 3 is 2.38 bits per heavy atom. The molecule has 1 aromatic rings. The summed E-state index contributed by atoms with van der Waals surface area (Å²) in [4.78, 5) is 12.4. The van der Waals surface area contributed by atoms with E-state index < -0.39 is 0 Å². The molecule has 1 heterocycles. The molecule has 21 heavy (non-hydrogen) atoms. The van der Waals surface area contributed by atoms with Crippen LogP contribution in [0.4, 0.5) is 0 Å². The van der Waals surface area contributed by atoms with Gasteiger partial charge < -0.3 is 9.30 Å². The van der Waals surface area contributed by atoms with E-state index in [4.69, 9.17) is 4.74 Å². The molecular weight excluding hydrogens is 262 g/mol. The highest BCUT2D eigenvalue weighted by Gasteiger charge is 2.40. The fourth-order valence-electron chi connectivity index (χ4n) is 3.70. The molecule has 2 rings (SSSR count). The van der Waals surface area contributed by atoms with Crippen LogP contribution >= 0.6 is 0 Å². The van der Waals surface area contributed by atoms with Crippen LogP contribution in [0.2, 0.25) is 0 Å². The normalized spacial score (nSPS) is 17.7. The van der Waals surface area contributed by atoms with E-state index in [1.54, 1.807) is 0 Å². The molecular formula is C18H29NO2. The number of esters is 1. The zero-order valence-corrected chi connectivity index (χ0v) is 13.8. The molecule has 0 saturated heterocycles. The van der Waals surface area contributed by atoms with Crippen molar-refractivity contribution < 1.29 is 9.53 Å². The number of aryl methyl sites for hydroxylation is 2. The third-order valence-electron chi connectivity index (χ3n) is 4.97. The maximum absolute atomic E-state index is 12.4. The van der Waals surface area contributed by atoms with Crippen molar-refractivity contribution in [2.45, 2.75) is 72.3 Å². The van der Waals surface area contributed by atoms with Crippen molar-refractivity contribution >= 4 is 5.97 Å². The van der Waals surface area contributed by atoms with Crippen LogP contribution in [0.1, 0.15) is 63.3 Å². The second-order valence-electron chi connectivity index (χ2n) is 6.43. The molecule has 0 aliphatic heterocycles. The number of ether oxygens (including phenoxy) is 1. The van der Waals surface area contributed by atoms with Gasteiger partial charge in [0.25, 0.3) is 0 Å². The lowest BCUT2D eigenvalue weighted by molar-refractivity contribution is -0.158. The minimum absolute atomic E-state index is 0.0469. The van der Waals surface area contributed by atoms with Crippen LogP contribution in [-0.2, 0) is 16.1 Å². The predicted molar refractivity (Wildman–Crippen MR) is 85.3 cm³/mol. The van der Waals surface area contributed by atoms with Gasteiger partial charge in [-0.3, -0.25) is 4.79 Å². The predicted octanol–water partition coefficient (Wildman–Crippen LogP) is 4.40. The smallest absolute Gasteiger partial charge is 0.312 e. The molecule has 0 atom stereocenters. The molecule has 0 unspecified atom stereocenters. The molecule has 1 saturated carbocycles. The number of hydrogen-bond donors (Lipinski definition) is 0. The lowest BCUT2D eigenvalue weighted by Gasteiger charge is -2.35. The van der Waals surface area contributed by atoms with Crippen LogP contribution in [0.15, 0.2) is 12.1 Å². The molecule has 118 valence electrons. The largest absolute Gasteiger partial charge is 0.466 e. The van der Waals surface area contributed by atoms with Gasteiger partial charge in [-0.05, 0) is 58.6 Å². The topological polar surface area (TPSA) is 31.2 Å². The van der Waals surface area contributed by atoms with Gasteiger partial charge in [0, 0.05) is 17.9 Å². The Morgan fingerprint density at radius 2 is 1.81 bits per heavy atom. The molecule has 0 N–H and O–H groups in total. The molecule has 1 aliphatic rings. The Labute approximate surface area is 128 Å². The number of rotatable bonds is 6. The number of nitrogens with zero attached hydrogens (tertiary/aromatic N) is 1. The van der Waals surface area contributed by atoms with Gasteiger partial charge in [-0.1, -0.05) is 19.3 Å². The van der Waals surface area contributed by atoms with E-state index in [1.165, 1.54) is 30.7 Å². The lowest BCUT2D eigenvalue weighted by atomic mass is 9.71. The Morgan fingerprint density at radius 1 is 1.19 bits per heavy atom. The van der Waals surface area contributed by atoms with E-state index in [1.807, 2.05) is 6.92 Å². The van der Waals surface area contributed by atoms with Crippen molar-refractivity contribution in [3.63, 3.8) is 0 Å². The molecule has 1 fully saturated rings. The summed E-state index contributed by atoms with van der Waals surface area (Å²) in [6.45, 7) is 7.70. The zero-order chi connectivity index (χ0) is 15.3. The second-order valence-corrected chi connectivity index (χ2v) is 6.43.